The van der Waals surface area contributed by atoms with Crippen molar-refractivity contribution in [1.82, 2.24) is 4.72 Å². The van der Waals surface area contributed by atoms with Crippen LogP contribution < -0.4 is 4.72 Å². The molecule has 8 heteroatoms. The van der Waals surface area contributed by atoms with Crippen molar-refractivity contribution in [1.29, 1.82) is 0 Å². The van der Waals surface area contributed by atoms with Crippen molar-refractivity contribution in [2.24, 2.45) is 5.92 Å². The van der Waals surface area contributed by atoms with Gasteiger partial charge >= 0.3 is 5.97 Å². The first-order chi connectivity index (χ1) is 9.62. The molecule has 1 atom stereocenters. The van der Waals surface area contributed by atoms with E-state index in [-0.39, 0.29) is 22.9 Å². The standard InChI is InChI=1S/C13H17ClFNO4S/c1-8(2)6-12(13(17)18)16-21(19,20)7-9-10(14)4-3-5-11(9)15/h3-5,8,12,16H,6-7H2,1-2H3,(H,17,18)/t12-/m1/s1. The van der Waals surface area contributed by atoms with Crippen LogP contribution in [0.25, 0.3) is 0 Å². The van der Waals surface area contributed by atoms with Gasteiger partial charge < -0.3 is 5.11 Å². The molecule has 0 radical (unpaired) electrons. The van der Waals surface area contributed by atoms with Gasteiger partial charge in [0.25, 0.3) is 0 Å². The molecule has 0 unspecified atom stereocenters. The number of halogens is 2. The Morgan fingerprint density at radius 3 is 2.52 bits per heavy atom. The largest absolute Gasteiger partial charge is 0.480 e. The summed E-state index contributed by atoms with van der Waals surface area (Å²) in [4.78, 5) is 11.1. The molecule has 0 saturated heterocycles. The molecule has 1 aromatic rings. The molecule has 0 aliphatic heterocycles. The van der Waals surface area contributed by atoms with E-state index < -0.39 is 33.6 Å². The second-order valence-electron chi connectivity index (χ2n) is 5.10. The molecule has 0 amide bonds. The number of hydrogen-bond donors (Lipinski definition) is 2. The molecule has 0 spiro atoms. The number of rotatable bonds is 7. The highest BCUT2D eigenvalue weighted by Crippen LogP contribution is 2.21. The van der Waals surface area contributed by atoms with Crippen molar-refractivity contribution in [3.8, 4) is 0 Å². The topological polar surface area (TPSA) is 83.5 Å². The summed E-state index contributed by atoms with van der Waals surface area (Å²) in [5.41, 5.74) is -0.180. The number of benzene rings is 1. The first-order valence-corrected chi connectivity index (χ1v) is 8.31. The monoisotopic (exact) mass is 337 g/mol. The molecule has 0 heterocycles. The van der Waals surface area contributed by atoms with Crippen LogP contribution in [-0.2, 0) is 20.6 Å². The third-order valence-electron chi connectivity index (χ3n) is 2.72. The van der Waals surface area contributed by atoms with Gasteiger partial charge in [-0.3, -0.25) is 4.79 Å². The van der Waals surface area contributed by atoms with Gasteiger partial charge in [0.05, 0.1) is 5.75 Å². The van der Waals surface area contributed by atoms with E-state index in [9.17, 15) is 17.6 Å². The SMILES string of the molecule is CC(C)C[C@@H](NS(=O)(=O)Cc1c(F)cccc1Cl)C(=O)O. The minimum absolute atomic E-state index is 0.00847. The number of sulfonamides is 1. The normalized spacial score (nSPS) is 13.4. The second kappa shape index (κ2) is 7.20. The van der Waals surface area contributed by atoms with Crippen molar-refractivity contribution < 1.29 is 22.7 Å². The molecule has 0 saturated carbocycles. The van der Waals surface area contributed by atoms with Crippen LogP contribution in [0.2, 0.25) is 5.02 Å². The molecular weight excluding hydrogens is 321 g/mol. The van der Waals surface area contributed by atoms with Crippen LogP contribution in [0.15, 0.2) is 18.2 Å². The molecular formula is C13H17ClFNO4S. The average molecular weight is 338 g/mol. The molecule has 5 nitrogen and oxygen atoms in total. The third kappa shape index (κ3) is 5.61. The van der Waals surface area contributed by atoms with Crippen molar-refractivity contribution in [2.45, 2.75) is 32.1 Å². The highest BCUT2D eigenvalue weighted by atomic mass is 35.5. The van der Waals surface area contributed by atoms with Crippen molar-refractivity contribution in [3.63, 3.8) is 0 Å². The van der Waals surface area contributed by atoms with Gasteiger partial charge in [-0.1, -0.05) is 31.5 Å². The Morgan fingerprint density at radius 1 is 1.43 bits per heavy atom. The quantitative estimate of drug-likeness (QED) is 0.800. The van der Waals surface area contributed by atoms with E-state index in [0.29, 0.717) is 0 Å². The van der Waals surface area contributed by atoms with E-state index in [0.717, 1.165) is 6.07 Å². The van der Waals surface area contributed by atoms with Crippen molar-refractivity contribution in [2.75, 3.05) is 0 Å². The van der Waals surface area contributed by atoms with Crippen LogP contribution >= 0.6 is 11.6 Å². The Hall–Kier alpha value is -1.18. The fourth-order valence-electron chi connectivity index (χ4n) is 1.79. The Bertz CT molecular complexity index is 598. The van der Waals surface area contributed by atoms with Crippen LogP contribution in [0, 0.1) is 11.7 Å². The average Bonchev–Trinajstić information content (AvgIpc) is 2.32. The first kappa shape index (κ1) is 17.9. The van der Waals surface area contributed by atoms with Gasteiger partial charge in [-0.25, -0.2) is 17.5 Å². The molecule has 1 aromatic carbocycles. The summed E-state index contributed by atoms with van der Waals surface area (Å²) >= 11 is 5.77. The van der Waals surface area contributed by atoms with Gasteiger partial charge in [-0.2, -0.15) is 0 Å². The van der Waals surface area contributed by atoms with E-state index in [1.165, 1.54) is 12.1 Å². The molecule has 0 bridgehead atoms. The number of carbonyl (C=O) groups is 1. The maximum atomic E-state index is 13.6. The number of hydrogen-bond acceptors (Lipinski definition) is 3. The Labute approximate surface area is 128 Å². The lowest BCUT2D eigenvalue weighted by molar-refractivity contribution is -0.139. The second-order valence-corrected chi connectivity index (χ2v) is 7.26. The Kier molecular flexibility index (Phi) is 6.12. The summed E-state index contributed by atoms with van der Waals surface area (Å²) in [5, 5.41) is 9.02. The maximum absolute atomic E-state index is 13.6. The lowest BCUT2D eigenvalue weighted by atomic mass is 10.1. The van der Waals surface area contributed by atoms with Crippen molar-refractivity contribution >= 4 is 27.6 Å². The van der Waals surface area contributed by atoms with Crippen LogP contribution in [0.3, 0.4) is 0 Å². The highest BCUT2D eigenvalue weighted by Gasteiger charge is 2.26. The number of nitrogens with one attached hydrogen (secondary N) is 1. The van der Waals surface area contributed by atoms with E-state index in [1.807, 2.05) is 0 Å². The molecule has 0 aliphatic rings. The summed E-state index contributed by atoms with van der Waals surface area (Å²) in [5.74, 6) is -2.73. The summed E-state index contributed by atoms with van der Waals surface area (Å²) in [7, 11) is -4.02. The van der Waals surface area contributed by atoms with Gasteiger partial charge in [0.1, 0.15) is 11.9 Å². The van der Waals surface area contributed by atoms with Gasteiger partial charge in [0.15, 0.2) is 0 Å². The zero-order valence-corrected chi connectivity index (χ0v) is 13.2. The van der Waals surface area contributed by atoms with Crippen molar-refractivity contribution in [3.05, 3.63) is 34.6 Å². The van der Waals surface area contributed by atoms with E-state index in [2.05, 4.69) is 4.72 Å². The summed E-state index contributed by atoms with van der Waals surface area (Å²) in [6.07, 6.45) is 0.138. The molecule has 0 aliphatic carbocycles. The van der Waals surface area contributed by atoms with Gasteiger partial charge in [0.2, 0.25) is 10.0 Å². The molecule has 0 fully saturated rings. The molecule has 0 aromatic heterocycles. The van der Waals surface area contributed by atoms with Crippen LogP contribution in [0.1, 0.15) is 25.8 Å². The molecule has 118 valence electrons. The smallest absolute Gasteiger partial charge is 0.321 e. The van der Waals surface area contributed by atoms with Gasteiger partial charge in [-0.15, -0.1) is 0 Å². The fourth-order valence-corrected chi connectivity index (χ4v) is 3.49. The van der Waals surface area contributed by atoms with Gasteiger partial charge in [-0.05, 0) is 24.5 Å². The summed E-state index contributed by atoms with van der Waals surface area (Å²) < 4.78 is 39.7. The zero-order chi connectivity index (χ0) is 16.2. The van der Waals surface area contributed by atoms with Crippen LogP contribution in [-0.4, -0.2) is 25.5 Å². The summed E-state index contributed by atoms with van der Waals surface area (Å²) in [6.45, 7) is 3.55. The minimum atomic E-state index is -4.02. The Morgan fingerprint density at radius 2 is 2.05 bits per heavy atom. The number of carboxylic acids is 1. The summed E-state index contributed by atoms with van der Waals surface area (Å²) in [6, 6.07) is 2.58. The zero-order valence-electron chi connectivity index (χ0n) is 11.6. The van der Waals surface area contributed by atoms with Gasteiger partial charge in [0, 0.05) is 10.6 Å². The predicted octanol–water partition coefficient (Wildman–Crippen LogP) is 2.40. The Balaban J connectivity index is 2.93. The van der Waals surface area contributed by atoms with Crippen LogP contribution in [0.4, 0.5) is 4.39 Å². The molecule has 2 N–H and O–H groups in total. The molecule has 1 rings (SSSR count). The van der Waals surface area contributed by atoms with E-state index >= 15 is 0 Å². The minimum Gasteiger partial charge on any atom is -0.480 e. The highest BCUT2D eigenvalue weighted by molar-refractivity contribution is 7.88. The maximum Gasteiger partial charge on any atom is 0.321 e. The first-order valence-electron chi connectivity index (χ1n) is 6.28. The lowest BCUT2D eigenvalue weighted by Crippen LogP contribution is -2.42. The lowest BCUT2D eigenvalue weighted by Gasteiger charge is -2.17. The third-order valence-corrected chi connectivity index (χ3v) is 4.39. The fraction of sp³-hybridized carbons (Fsp3) is 0.462. The number of aliphatic carboxylic acids is 1. The predicted molar refractivity (Wildman–Crippen MR) is 78.0 cm³/mol. The van der Waals surface area contributed by atoms with E-state index in [4.69, 9.17) is 16.7 Å². The molecule has 21 heavy (non-hydrogen) atoms. The van der Waals surface area contributed by atoms with E-state index in [1.54, 1.807) is 13.8 Å². The van der Waals surface area contributed by atoms with Crippen LogP contribution in [0.5, 0.6) is 0 Å². The number of carboxylic acid groups (broad SMARTS) is 1.